The highest BCUT2D eigenvalue weighted by atomic mass is 16.6. The molecule has 0 aliphatic carbocycles. The fourth-order valence-corrected chi connectivity index (χ4v) is 10.5. The number of rotatable bonds is 48. The SMILES string of the molecule is CC(C)CC(NC(=O)C(Cc1ccccc1)NC(=O)CNC(=O)OC(C)(C)C)C(=O)NCC(=O)NC(CCC(=O)NCCOCCOCC(=O)NC(CCC(=O)NC(CCC(=O)OCc1ccccc1)C(=O)OCc1ccccc1)C(=O)NC(CCC(=O)OCc1ccccc1)C(=O)OCc1ccccc1)C(=O)OC(C)(C)C. The van der Waals surface area contributed by atoms with Gasteiger partial charge >= 0.3 is 35.9 Å². The molecule has 6 unspecified atom stereocenters. The number of ether oxygens (including phenoxy) is 8. The van der Waals surface area contributed by atoms with Crippen LogP contribution in [0.3, 0.4) is 0 Å². The van der Waals surface area contributed by atoms with E-state index in [9.17, 15) is 67.1 Å². The van der Waals surface area contributed by atoms with E-state index < -0.39 is 163 Å². The number of amides is 9. The molecule has 0 bridgehead atoms. The minimum Gasteiger partial charge on any atom is -0.461 e. The van der Waals surface area contributed by atoms with Gasteiger partial charge < -0.3 is 85.7 Å². The number of esters is 5. The fraction of sp³-hybridized carbons (Fsp3) is 0.463. The standard InChI is InChI=1S/C82H107N9O22/c1-55(2)46-65(91-76(101)66(47-56-24-14-9-15-25-56)89-70(95)49-85-80(105)113-82(6,7)8)74(99)84-48-69(94)88-64(79(104)112-81(3,4)5)35-38-67(92)83-42-43-106-44-45-107-54-71(96)86-61(75(100)90-63(78(103)111-53-60-32-22-13-23-33-60)37-41-73(98)109-51-58-28-18-11-19-29-58)34-39-68(93)87-62(77(102)110-52-59-30-20-12-21-31-59)36-40-72(97)108-50-57-26-16-10-17-27-57/h9-33,55,61-66H,34-54H2,1-8H3,(H,83,92)(H,84,99)(H,85,105)(H,86,96)(H,87,93)(H,88,94)(H,89,95)(H,90,100)(H,91,101). The summed E-state index contributed by atoms with van der Waals surface area (Å²) >= 11 is 0. The maximum Gasteiger partial charge on any atom is 0.408 e. The number of hydrogen-bond acceptors (Lipinski definition) is 22. The zero-order valence-electron chi connectivity index (χ0n) is 65.3. The molecule has 9 amide bonds. The Morgan fingerprint density at radius 3 is 1.20 bits per heavy atom. The molecule has 0 saturated carbocycles. The van der Waals surface area contributed by atoms with Crippen molar-refractivity contribution in [2.24, 2.45) is 5.92 Å². The first-order chi connectivity index (χ1) is 53.9. The Bertz CT molecular complexity index is 3860. The van der Waals surface area contributed by atoms with Crippen LogP contribution in [0, 0.1) is 5.92 Å². The van der Waals surface area contributed by atoms with Crippen LogP contribution < -0.4 is 47.9 Å². The Hall–Kier alpha value is -11.6. The van der Waals surface area contributed by atoms with Crippen LogP contribution in [-0.4, -0.2) is 177 Å². The van der Waals surface area contributed by atoms with Gasteiger partial charge in [-0.1, -0.05) is 166 Å². The predicted molar refractivity (Wildman–Crippen MR) is 411 cm³/mol. The normalized spacial score (nSPS) is 12.7. The monoisotopic (exact) mass is 1570 g/mol. The van der Waals surface area contributed by atoms with Gasteiger partial charge in [0.1, 0.15) is 87.0 Å². The van der Waals surface area contributed by atoms with Crippen molar-refractivity contribution in [2.45, 2.75) is 193 Å². The maximum absolute atomic E-state index is 14.4. The quantitative estimate of drug-likeness (QED) is 0.0133. The van der Waals surface area contributed by atoms with Gasteiger partial charge in [-0.2, -0.15) is 0 Å². The summed E-state index contributed by atoms with van der Waals surface area (Å²) in [5.41, 5.74) is 1.53. The number of nitrogens with one attached hydrogen (secondary N) is 9. The first-order valence-electron chi connectivity index (χ1n) is 37.4. The van der Waals surface area contributed by atoms with Crippen molar-refractivity contribution in [3.63, 3.8) is 0 Å². The summed E-state index contributed by atoms with van der Waals surface area (Å²) in [6.07, 6.45) is -3.41. The molecular formula is C82H107N9O22. The molecule has 612 valence electrons. The smallest absolute Gasteiger partial charge is 0.408 e. The van der Waals surface area contributed by atoms with Crippen LogP contribution in [0.5, 0.6) is 0 Å². The molecule has 9 N–H and O–H groups in total. The molecule has 6 atom stereocenters. The van der Waals surface area contributed by atoms with Gasteiger partial charge in [0.05, 0.1) is 26.4 Å². The topological polar surface area (TPSA) is 421 Å². The molecule has 0 spiro atoms. The molecule has 0 heterocycles. The fourth-order valence-electron chi connectivity index (χ4n) is 10.5. The Morgan fingerprint density at radius 1 is 0.336 bits per heavy atom. The second kappa shape index (κ2) is 49.6. The van der Waals surface area contributed by atoms with Crippen LogP contribution >= 0.6 is 0 Å². The average Bonchev–Trinajstić information content (AvgIpc) is 0.869. The predicted octanol–water partition coefficient (Wildman–Crippen LogP) is 5.41. The van der Waals surface area contributed by atoms with Crippen LogP contribution in [0.4, 0.5) is 4.79 Å². The van der Waals surface area contributed by atoms with Crippen molar-refractivity contribution in [1.29, 1.82) is 0 Å². The lowest BCUT2D eigenvalue weighted by atomic mass is 10.0. The van der Waals surface area contributed by atoms with Gasteiger partial charge in [0.25, 0.3) is 0 Å². The van der Waals surface area contributed by atoms with Crippen molar-refractivity contribution >= 4 is 83.2 Å². The van der Waals surface area contributed by atoms with Crippen LogP contribution in [0.25, 0.3) is 0 Å². The second-order valence-corrected chi connectivity index (χ2v) is 28.7. The molecule has 113 heavy (non-hydrogen) atoms. The van der Waals surface area contributed by atoms with Crippen molar-refractivity contribution in [3.8, 4) is 0 Å². The van der Waals surface area contributed by atoms with E-state index in [2.05, 4.69) is 47.9 Å². The summed E-state index contributed by atoms with van der Waals surface area (Å²) in [7, 11) is 0. The third-order valence-corrected chi connectivity index (χ3v) is 16.1. The van der Waals surface area contributed by atoms with E-state index in [1.54, 1.807) is 193 Å². The van der Waals surface area contributed by atoms with E-state index in [1.807, 2.05) is 13.8 Å². The molecular weight excluding hydrogens is 1460 g/mol. The lowest BCUT2D eigenvalue weighted by Crippen LogP contribution is -2.56. The molecule has 0 radical (unpaired) electrons. The first kappa shape index (κ1) is 92.0. The van der Waals surface area contributed by atoms with Crippen molar-refractivity contribution in [3.05, 3.63) is 179 Å². The summed E-state index contributed by atoms with van der Waals surface area (Å²) in [6.45, 7) is 10.7. The molecule has 0 aliphatic heterocycles. The van der Waals surface area contributed by atoms with Crippen molar-refractivity contribution < 1.29 is 105 Å². The molecule has 31 nitrogen and oxygen atoms in total. The molecule has 0 saturated heterocycles. The number of carbonyl (C=O) groups excluding carboxylic acids is 14. The first-order valence-corrected chi connectivity index (χ1v) is 37.4. The van der Waals surface area contributed by atoms with Gasteiger partial charge in [-0.3, -0.25) is 47.9 Å². The van der Waals surface area contributed by atoms with Gasteiger partial charge in [0, 0.05) is 38.6 Å². The Morgan fingerprint density at radius 2 is 0.717 bits per heavy atom. The molecule has 5 aromatic rings. The summed E-state index contributed by atoms with van der Waals surface area (Å²) in [4.78, 5) is 188. The van der Waals surface area contributed by atoms with Crippen LogP contribution in [0.1, 0.15) is 141 Å². The van der Waals surface area contributed by atoms with Crippen LogP contribution in [0.15, 0.2) is 152 Å². The number of benzene rings is 5. The van der Waals surface area contributed by atoms with Gasteiger partial charge in [-0.25, -0.2) is 19.2 Å². The zero-order chi connectivity index (χ0) is 82.6. The maximum atomic E-state index is 14.4. The summed E-state index contributed by atoms with van der Waals surface area (Å²) < 4.78 is 43.9. The van der Waals surface area contributed by atoms with Crippen molar-refractivity contribution in [1.82, 2.24) is 47.9 Å². The summed E-state index contributed by atoms with van der Waals surface area (Å²) in [5, 5.41) is 23.0. The van der Waals surface area contributed by atoms with Gasteiger partial charge in [-0.05, 0) is 107 Å². The molecule has 0 aromatic heterocycles. The molecule has 31 heteroatoms. The molecule has 5 aromatic carbocycles. The highest BCUT2D eigenvalue weighted by molar-refractivity contribution is 5.95. The zero-order valence-corrected chi connectivity index (χ0v) is 65.3. The number of hydrogen-bond donors (Lipinski definition) is 9. The van der Waals surface area contributed by atoms with Crippen LogP contribution in [-0.2, 0) is 133 Å². The summed E-state index contributed by atoms with van der Waals surface area (Å²) in [5.74, 6) is -10.4. The minimum absolute atomic E-state index is 0.0133. The highest BCUT2D eigenvalue weighted by Gasteiger charge is 2.34. The van der Waals surface area contributed by atoms with E-state index >= 15 is 0 Å². The third-order valence-electron chi connectivity index (χ3n) is 16.1. The minimum atomic E-state index is -1.57. The van der Waals surface area contributed by atoms with E-state index in [0.717, 1.165) is 5.56 Å². The van der Waals surface area contributed by atoms with E-state index in [0.29, 0.717) is 22.3 Å². The van der Waals surface area contributed by atoms with Crippen LogP contribution in [0.2, 0.25) is 0 Å². The largest absolute Gasteiger partial charge is 0.461 e. The van der Waals surface area contributed by atoms with Gasteiger partial charge in [-0.15, -0.1) is 0 Å². The average molecular weight is 1570 g/mol. The van der Waals surface area contributed by atoms with E-state index in [1.165, 1.54) is 0 Å². The van der Waals surface area contributed by atoms with Gasteiger partial charge in [0.2, 0.25) is 47.3 Å². The molecule has 0 aliphatic rings. The second-order valence-electron chi connectivity index (χ2n) is 28.7. The lowest BCUT2D eigenvalue weighted by molar-refractivity contribution is -0.159. The van der Waals surface area contributed by atoms with E-state index in [-0.39, 0.29) is 110 Å². The van der Waals surface area contributed by atoms with E-state index in [4.69, 9.17) is 37.9 Å². The molecule has 0 fully saturated rings. The lowest BCUT2D eigenvalue weighted by Gasteiger charge is -2.25. The Labute approximate surface area is 658 Å². The molecule has 5 rings (SSSR count). The van der Waals surface area contributed by atoms with Crippen molar-refractivity contribution in [2.75, 3.05) is 46.1 Å². The Balaban J connectivity index is 1.16. The number of alkyl carbamates (subject to hydrolysis) is 1. The third kappa shape index (κ3) is 40.3. The van der Waals surface area contributed by atoms with Gasteiger partial charge in [0.15, 0.2) is 0 Å². The highest BCUT2D eigenvalue weighted by Crippen LogP contribution is 2.16. The summed E-state index contributed by atoms with van der Waals surface area (Å²) in [6, 6.07) is 35.7. The number of carbonyl (C=O) groups is 14. The Kier molecular flexibility index (Phi) is 40.4.